The minimum Gasteiger partial charge on any atom is -0.478 e. The SMILES string of the molecule is CC1CN(c2c(F)cc(C(=O)O)cc2F)CCN1C. The molecule has 1 aliphatic heterocycles. The lowest BCUT2D eigenvalue weighted by Gasteiger charge is -2.39. The zero-order valence-electron chi connectivity index (χ0n) is 10.9. The molecule has 1 aromatic carbocycles. The van der Waals surface area contributed by atoms with Gasteiger partial charge in [-0.05, 0) is 26.1 Å². The van der Waals surface area contributed by atoms with Crippen LogP contribution in [-0.2, 0) is 0 Å². The van der Waals surface area contributed by atoms with E-state index in [9.17, 15) is 13.6 Å². The molecule has 0 radical (unpaired) electrons. The van der Waals surface area contributed by atoms with Gasteiger partial charge in [-0.1, -0.05) is 0 Å². The number of likely N-dealkylation sites (N-methyl/N-ethyl adjacent to an activating group) is 1. The maximum absolute atomic E-state index is 13.9. The molecule has 19 heavy (non-hydrogen) atoms. The number of carboxylic acids is 1. The molecular formula is C13H16F2N2O2. The second-order valence-electron chi connectivity index (χ2n) is 4.87. The topological polar surface area (TPSA) is 43.8 Å². The first-order chi connectivity index (χ1) is 8.90. The molecule has 1 atom stereocenters. The average Bonchev–Trinajstić information content (AvgIpc) is 2.32. The second kappa shape index (κ2) is 5.13. The van der Waals surface area contributed by atoms with Gasteiger partial charge in [0.05, 0.1) is 5.56 Å². The monoisotopic (exact) mass is 270 g/mol. The minimum absolute atomic E-state index is 0.134. The summed E-state index contributed by atoms with van der Waals surface area (Å²) in [7, 11) is 1.96. The number of anilines is 1. The first kappa shape index (κ1) is 13.7. The van der Waals surface area contributed by atoms with Gasteiger partial charge in [0, 0.05) is 25.7 Å². The van der Waals surface area contributed by atoms with Gasteiger partial charge in [-0.2, -0.15) is 0 Å². The number of hydrogen-bond acceptors (Lipinski definition) is 3. The Morgan fingerprint density at radius 2 is 1.89 bits per heavy atom. The van der Waals surface area contributed by atoms with Crippen LogP contribution in [0.3, 0.4) is 0 Å². The Morgan fingerprint density at radius 1 is 1.32 bits per heavy atom. The predicted octanol–water partition coefficient (Wildman–Crippen LogP) is 1.80. The standard InChI is InChI=1S/C13H16F2N2O2/c1-8-7-17(4-3-16(8)2)12-10(14)5-9(13(18)19)6-11(12)15/h5-6,8H,3-4,7H2,1-2H3,(H,18,19). The number of benzene rings is 1. The summed E-state index contributed by atoms with van der Waals surface area (Å²) in [5.41, 5.74) is -0.508. The Hall–Kier alpha value is -1.69. The maximum atomic E-state index is 13.9. The third-order valence-electron chi connectivity index (χ3n) is 3.54. The van der Waals surface area contributed by atoms with Gasteiger partial charge in [-0.25, -0.2) is 13.6 Å². The van der Waals surface area contributed by atoms with Crippen molar-refractivity contribution in [3.8, 4) is 0 Å². The maximum Gasteiger partial charge on any atom is 0.335 e. The third kappa shape index (κ3) is 2.68. The van der Waals surface area contributed by atoms with E-state index in [1.165, 1.54) is 0 Å². The highest BCUT2D eigenvalue weighted by molar-refractivity contribution is 5.88. The van der Waals surface area contributed by atoms with Crippen LogP contribution in [0, 0.1) is 11.6 Å². The number of aromatic carboxylic acids is 1. The van der Waals surface area contributed by atoms with Crippen LogP contribution in [0.4, 0.5) is 14.5 Å². The molecule has 0 aliphatic carbocycles. The molecule has 1 unspecified atom stereocenters. The Labute approximate surface area is 110 Å². The van der Waals surface area contributed by atoms with Crippen LogP contribution in [0.2, 0.25) is 0 Å². The van der Waals surface area contributed by atoms with Crippen LogP contribution in [0.1, 0.15) is 17.3 Å². The van der Waals surface area contributed by atoms with Crippen LogP contribution >= 0.6 is 0 Å². The Morgan fingerprint density at radius 3 is 2.37 bits per heavy atom. The Kier molecular flexibility index (Phi) is 3.71. The van der Waals surface area contributed by atoms with Crippen molar-refractivity contribution < 1.29 is 18.7 Å². The van der Waals surface area contributed by atoms with E-state index in [2.05, 4.69) is 4.90 Å². The van der Waals surface area contributed by atoms with E-state index in [1.807, 2.05) is 14.0 Å². The molecule has 1 heterocycles. The molecule has 0 saturated carbocycles. The number of carbonyl (C=O) groups is 1. The number of rotatable bonds is 2. The lowest BCUT2D eigenvalue weighted by Crippen LogP contribution is -2.50. The highest BCUT2D eigenvalue weighted by Gasteiger charge is 2.26. The number of piperazine rings is 1. The highest BCUT2D eigenvalue weighted by atomic mass is 19.1. The molecule has 0 bridgehead atoms. The summed E-state index contributed by atoms with van der Waals surface area (Å²) in [5, 5.41) is 8.76. The molecule has 0 spiro atoms. The quantitative estimate of drug-likeness (QED) is 0.890. The van der Waals surface area contributed by atoms with Crippen molar-refractivity contribution in [3.05, 3.63) is 29.3 Å². The molecule has 0 amide bonds. The molecule has 1 aromatic rings. The second-order valence-corrected chi connectivity index (χ2v) is 4.87. The Balaban J connectivity index is 2.33. The third-order valence-corrected chi connectivity index (χ3v) is 3.54. The van der Waals surface area contributed by atoms with Gasteiger partial charge >= 0.3 is 5.97 Å². The largest absolute Gasteiger partial charge is 0.478 e. The van der Waals surface area contributed by atoms with E-state index in [-0.39, 0.29) is 17.3 Å². The van der Waals surface area contributed by atoms with Crippen molar-refractivity contribution in [1.29, 1.82) is 0 Å². The normalized spacial score (nSPS) is 20.6. The van der Waals surface area contributed by atoms with Gasteiger partial charge in [0.15, 0.2) is 0 Å². The predicted molar refractivity (Wildman–Crippen MR) is 67.6 cm³/mol. The first-order valence-corrected chi connectivity index (χ1v) is 6.07. The summed E-state index contributed by atoms with van der Waals surface area (Å²) >= 11 is 0. The summed E-state index contributed by atoms with van der Waals surface area (Å²) in [6.07, 6.45) is 0. The molecular weight excluding hydrogens is 254 g/mol. The van der Waals surface area contributed by atoms with Crippen LogP contribution in [0.5, 0.6) is 0 Å². The van der Waals surface area contributed by atoms with Gasteiger partial charge in [-0.3, -0.25) is 0 Å². The van der Waals surface area contributed by atoms with Gasteiger partial charge in [0.25, 0.3) is 0 Å². The van der Waals surface area contributed by atoms with Crippen molar-refractivity contribution in [2.24, 2.45) is 0 Å². The lowest BCUT2D eigenvalue weighted by atomic mass is 10.1. The van der Waals surface area contributed by atoms with Gasteiger partial charge in [0.2, 0.25) is 0 Å². The van der Waals surface area contributed by atoms with Crippen LogP contribution in [0.15, 0.2) is 12.1 Å². The van der Waals surface area contributed by atoms with Gasteiger partial charge in [-0.15, -0.1) is 0 Å². The number of halogens is 2. The van der Waals surface area contributed by atoms with Gasteiger partial charge in [0.1, 0.15) is 17.3 Å². The van der Waals surface area contributed by atoms with Crippen LogP contribution < -0.4 is 4.90 Å². The summed E-state index contributed by atoms with van der Waals surface area (Å²) in [5.74, 6) is -2.99. The van der Waals surface area contributed by atoms with E-state index in [1.54, 1.807) is 4.90 Å². The fraction of sp³-hybridized carbons (Fsp3) is 0.462. The number of nitrogens with zero attached hydrogens (tertiary/aromatic N) is 2. The zero-order chi connectivity index (χ0) is 14.2. The summed E-state index contributed by atoms with van der Waals surface area (Å²) in [6, 6.07) is 1.92. The number of carboxylic acid groups (broad SMARTS) is 1. The molecule has 2 rings (SSSR count). The molecule has 1 aliphatic rings. The number of hydrogen-bond donors (Lipinski definition) is 1. The molecule has 1 fully saturated rings. The van der Waals surface area contributed by atoms with Crippen molar-refractivity contribution >= 4 is 11.7 Å². The first-order valence-electron chi connectivity index (χ1n) is 6.07. The molecule has 1 N–H and O–H groups in total. The smallest absolute Gasteiger partial charge is 0.335 e. The highest BCUT2D eigenvalue weighted by Crippen LogP contribution is 2.27. The van der Waals surface area contributed by atoms with Crippen molar-refractivity contribution in [2.45, 2.75) is 13.0 Å². The molecule has 1 saturated heterocycles. The van der Waals surface area contributed by atoms with E-state index < -0.39 is 17.6 Å². The van der Waals surface area contributed by atoms with E-state index in [0.717, 1.165) is 12.1 Å². The van der Waals surface area contributed by atoms with E-state index >= 15 is 0 Å². The lowest BCUT2D eigenvalue weighted by molar-refractivity contribution is 0.0695. The van der Waals surface area contributed by atoms with E-state index in [0.29, 0.717) is 19.6 Å². The van der Waals surface area contributed by atoms with Crippen LogP contribution in [0.25, 0.3) is 0 Å². The fourth-order valence-corrected chi connectivity index (χ4v) is 2.24. The van der Waals surface area contributed by atoms with Crippen molar-refractivity contribution in [3.63, 3.8) is 0 Å². The van der Waals surface area contributed by atoms with E-state index in [4.69, 9.17) is 5.11 Å². The summed E-state index contributed by atoms with van der Waals surface area (Å²) in [4.78, 5) is 14.5. The Bertz CT molecular complexity index is 484. The fourth-order valence-electron chi connectivity index (χ4n) is 2.24. The average molecular weight is 270 g/mol. The minimum atomic E-state index is -1.34. The molecule has 0 aromatic heterocycles. The van der Waals surface area contributed by atoms with Crippen LogP contribution in [-0.4, -0.2) is 48.7 Å². The summed E-state index contributed by atoms with van der Waals surface area (Å²) in [6.45, 7) is 3.71. The zero-order valence-corrected chi connectivity index (χ0v) is 10.9. The summed E-state index contributed by atoms with van der Waals surface area (Å²) < 4.78 is 27.8. The van der Waals surface area contributed by atoms with Crippen molar-refractivity contribution in [1.82, 2.24) is 4.90 Å². The van der Waals surface area contributed by atoms with Gasteiger partial charge < -0.3 is 14.9 Å². The molecule has 6 heteroatoms. The molecule has 4 nitrogen and oxygen atoms in total. The van der Waals surface area contributed by atoms with Crippen molar-refractivity contribution in [2.75, 3.05) is 31.6 Å². The molecule has 104 valence electrons.